The third-order valence-corrected chi connectivity index (χ3v) is 4.09. The van der Waals surface area contributed by atoms with Crippen molar-refractivity contribution >= 4 is 11.3 Å². The fourth-order valence-corrected chi connectivity index (χ4v) is 3.02. The lowest BCUT2D eigenvalue weighted by atomic mass is 10.1. The molecule has 1 heterocycles. The molecule has 2 N–H and O–H groups in total. The van der Waals surface area contributed by atoms with Gasteiger partial charge in [0, 0.05) is 17.3 Å². The summed E-state index contributed by atoms with van der Waals surface area (Å²) in [6.45, 7) is 6.16. The van der Waals surface area contributed by atoms with E-state index in [0.717, 1.165) is 17.1 Å². The second-order valence-corrected chi connectivity index (χ2v) is 5.63. The van der Waals surface area contributed by atoms with Gasteiger partial charge in [0.2, 0.25) is 0 Å². The number of thiazole rings is 1. The Morgan fingerprint density at radius 1 is 1.35 bits per heavy atom. The van der Waals surface area contributed by atoms with Crippen LogP contribution in [-0.4, -0.2) is 4.98 Å². The highest BCUT2D eigenvalue weighted by atomic mass is 32.1. The lowest BCUT2D eigenvalue weighted by Gasteiger charge is -2.00. The minimum absolute atomic E-state index is 0.0822. The Labute approximate surface area is 107 Å². The molecule has 2 aromatic rings. The van der Waals surface area contributed by atoms with E-state index < -0.39 is 0 Å². The van der Waals surface area contributed by atoms with E-state index >= 15 is 0 Å². The molecule has 17 heavy (non-hydrogen) atoms. The lowest BCUT2D eigenvalue weighted by Crippen LogP contribution is -2.03. The van der Waals surface area contributed by atoms with E-state index in [1.807, 2.05) is 13.8 Å². The van der Waals surface area contributed by atoms with Gasteiger partial charge in [-0.1, -0.05) is 29.8 Å². The predicted molar refractivity (Wildman–Crippen MR) is 73.4 cm³/mol. The normalized spacial score (nSPS) is 12.7. The minimum Gasteiger partial charge on any atom is -0.323 e. The third-order valence-electron chi connectivity index (χ3n) is 2.73. The molecular formula is C14H18N2S. The zero-order valence-corrected chi connectivity index (χ0v) is 11.3. The van der Waals surface area contributed by atoms with Crippen molar-refractivity contribution in [2.24, 2.45) is 5.73 Å². The van der Waals surface area contributed by atoms with Gasteiger partial charge in [-0.15, -0.1) is 11.3 Å². The van der Waals surface area contributed by atoms with Crippen LogP contribution in [0.15, 0.2) is 24.3 Å². The maximum Gasteiger partial charge on any atom is 0.0975 e. The van der Waals surface area contributed by atoms with Crippen molar-refractivity contribution in [1.82, 2.24) is 4.98 Å². The average molecular weight is 246 g/mol. The van der Waals surface area contributed by atoms with E-state index in [-0.39, 0.29) is 6.04 Å². The van der Waals surface area contributed by atoms with Gasteiger partial charge in [0.05, 0.1) is 10.7 Å². The van der Waals surface area contributed by atoms with Gasteiger partial charge in [0.1, 0.15) is 0 Å². The van der Waals surface area contributed by atoms with Crippen LogP contribution in [0.2, 0.25) is 0 Å². The van der Waals surface area contributed by atoms with Crippen LogP contribution in [0, 0.1) is 13.8 Å². The lowest BCUT2D eigenvalue weighted by molar-refractivity contribution is 0.825. The number of aromatic nitrogens is 1. The fraction of sp³-hybridized carbons (Fsp3) is 0.357. The van der Waals surface area contributed by atoms with Crippen LogP contribution in [0.3, 0.4) is 0 Å². The van der Waals surface area contributed by atoms with E-state index in [4.69, 9.17) is 5.73 Å². The van der Waals surface area contributed by atoms with Crippen molar-refractivity contribution in [1.29, 1.82) is 0 Å². The standard InChI is InChI=1S/C14H18N2S/c1-9-5-4-6-12(7-9)8-13-16-11(3)14(17-13)10(2)15/h4-7,10H,8,15H2,1-3H3. The van der Waals surface area contributed by atoms with E-state index in [1.165, 1.54) is 16.0 Å². The first-order valence-electron chi connectivity index (χ1n) is 5.83. The van der Waals surface area contributed by atoms with Gasteiger partial charge < -0.3 is 5.73 Å². The first-order chi connectivity index (χ1) is 8.06. The fourth-order valence-electron chi connectivity index (χ4n) is 1.96. The molecule has 0 radical (unpaired) electrons. The quantitative estimate of drug-likeness (QED) is 0.901. The van der Waals surface area contributed by atoms with Crippen molar-refractivity contribution in [3.8, 4) is 0 Å². The summed E-state index contributed by atoms with van der Waals surface area (Å²) < 4.78 is 0. The molecule has 3 heteroatoms. The molecule has 0 aliphatic carbocycles. The summed E-state index contributed by atoms with van der Waals surface area (Å²) in [5, 5.41) is 1.15. The monoisotopic (exact) mass is 246 g/mol. The number of rotatable bonds is 3. The molecule has 0 aliphatic rings. The highest BCUT2D eigenvalue weighted by Crippen LogP contribution is 2.25. The van der Waals surface area contributed by atoms with E-state index in [1.54, 1.807) is 11.3 Å². The number of hydrogen-bond donors (Lipinski definition) is 1. The number of nitrogens with zero attached hydrogens (tertiary/aromatic N) is 1. The maximum atomic E-state index is 5.92. The van der Waals surface area contributed by atoms with Crippen LogP contribution < -0.4 is 5.73 Å². The summed E-state index contributed by atoms with van der Waals surface area (Å²) >= 11 is 1.73. The molecule has 0 bridgehead atoms. The van der Waals surface area contributed by atoms with Crippen molar-refractivity contribution in [2.75, 3.05) is 0 Å². The second-order valence-electron chi connectivity index (χ2n) is 4.51. The smallest absolute Gasteiger partial charge is 0.0975 e. The molecule has 0 saturated carbocycles. The summed E-state index contributed by atoms with van der Waals surface area (Å²) in [6.07, 6.45) is 0.903. The summed E-state index contributed by atoms with van der Waals surface area (Å²) in [7, 11) is 0. The minimum atomic E-state index is 0.0822. The molecule has 0 amide bonds. The van der Waals surface area contributed by atoms with Gasteiger partial charge in [0.25, 0.3) is 0 Å². The van der Waals surface area contributed by atoms with Crippen LogP contribution in [0.5, 0.6) is 0 Å². The summed E-state index contributed by atoms with van der Waals surface area (Å²) in [5.74, 6) is 0. The molecular weight excluding hydrogens is 228 g/mol. The Bertz CT molecular complexity index is 515. The van der Waals surface area contributed by atoms with Gasteiger partial charge in [-0.05, 0) is 26.3 Å². The Balaban J connectivity index is 2.22. The molecule has 90 valence electrons. The largest absolute Gasteiger partial charge is 0.323 e. The SMILES string of the molecule is Cc1cccc(Cc2nc(C)c(C(C)N)s2)c1. The summed E-state index contributed by atoms with van der Waals surface area (Å²) in [4.78, 5) is 5.80. The van der Waals surface area contributed by atoms with Crippen LogP contribution in [0.1, 0.15) is 39.7 Å². The van der Waals surface area contributed by atoms with Gasteiger partial charge in [-0.25, -0.2) is 4.98 Å². The predicted octanol–water partition coefficient (Wildman–Crippen LogP) is 3.37. The zero-order valence-electron chi connectivity index (χ0n) is 10.5. The molecule has 2 rings (SSSR count). The highest BCUT2D eigenvalue weighted by molar-refractivity contribution is 7.11. The van der Waals surface area contributed by atoms with Crippen molar-refractivity contribution < 1.29 is 0 Å². The van der Waals surface area contributed by atoms with Crippen molar-refractivity contribution in [2.45, 2.75) is 33.2 Å². The van der Waals surface area contributed by atoms with Gasteiger partial charge in [-0.3, -0.25) is 0 Å². The molecule has 2 nitrogen and oxygen atoms in total. The van der Waals surface area contributed by atoms with Gasteiger partial charge >= 0.3 is 0 Å². The highest BCUT2D eigenvalue weighted by Gasteiger charge is 2.11. The number of hydrogen-bond acceptors (Lipinski definition) is 3. The van der Waals surface area contributed by atoms with Gasteiger partial charge in [-0.2, -0.15) is 0 Å². The van der Waals surface area contributed by atoms with Crippen LogP contribution in [0.25, 0.3) is 0 Å². The van der Waals surface area contributed by atoms with Crippen molar-refractivity contribution in [3.05, 3.63) is 51.0 Å². The van der Waals surface area contributed by atoms with Crippen LogP contribution in [0.4, 0.5) is 0 Å². The molecule has 1 unspecified atom stereocenters. The van der Waals surface area contributed by atoms with Gasteiger partial charge in [0.15, 0.2) is 0 Å². The molecule has 1 aromatic heterocycles. The Kier molecular flexibility index (Phi) is 3.60. The summed E-state index contributed by atoms with van der Waals surface area (Å²) in [5.41, 5.74) is 9.60. The molecule has 0 fully saturated rings. The number of aryl methyl sites for hydroxylation is 2. The van der Waals surface area contributed by atoms with E-state index in [2.05, 4.69) is 36.2 Å². The Morgan fingerprint density at radius 2 is 2.12 bits per heavy atom. The average Bonchev–Trinajstić information content (AvgIpc) is 2.59. The molecule has 1 atom stereocenters. The topological polar surface area (TPSA) is 38.9 Å². The van der Waals surface area contributed by atoms with E-state index in [0.29, 0.717) is 0 Å². The maximum absolute atomic E-state index is 5.92. The Morgan fingerprint density at radius 3 is 2.71 bits per heavy atom. The number of nitrogens with two attached hydrogens (primary N) is 1. The summed E-state index contributed by atoms with van der Waals surface area (Å²) in [6, 6.07) is 8.65. The molecule has 0 aliphatic heterocycles. The van der Waals surface area contributed by atoms with Crippen LogP contribution in [-0.2, 0) is 6.42 Å². The van der Waals surface area contributed by atoms with Crippen molar-refractivity contribution in [3.63, 3.8) is 0 Å². The third kappa shape index (κ3) is 2.93. The Hall–Kier alpha value is -1.19. The number of benzene rings is 1. The van der Waals surface area contributed by atoms with E-state index in [9.17, 15) is 0 Å². The molecule has 0 spiro atoms. The first-order valence-corrected chi connectivity index (χ1v) is 6.65. The first kappa shape index (κ1) is 12.3. The molecule has 1 aromatic carbocycles. The second kappa shape index (κ2) is 4.98. The molecule has 0 saturated heterocycles. The zero-order chi connectivity index (χ0) is 12.4. The van der Waals surface area contributed by atoms with Crippen LogP contribution >= 0.6 is 11.3 Å².